The van der Waals surface area contributed by atoms with Crippen LogP contribution in [0.1, 0.15) is 26.2 Å². The molecule has 1 unspecified atom stereocenters. The van der Waals surface area contributed by atoms with E-state index >= 15 is 0 Å². The van der Waals surface area contributed by atoms with E-state index in [-0.39, 0.29) is 0 Å². The molecule has 0 bridgehead atoms. The maximum absolute atomic E-state index is 9.77. The zero-order chi connectivity index (χ0) is 7.40. The summed E-state index contributed by atoms with van der Waals surface area (Å²) < 4.78 is 0. The lowest BCUT2D eigenvalue weighted by molar-refractivity contribution is 0.508. The van der Waals surface area contributed by atoms with Crippen LogP contribution >= 0.6 is 0 Å². The largest absolute Gasteiger partial charge is 0.151 e. The van der Waals surface area contributed by atoms with Crippen molar-refractivity contribution in [3.05, 3.63) is 16.6 Å². The zero-order valence-corrected chi connectivity index (χ0v) is 6.34. The van der Waals surface area contributed by atoms with Gasteiger partial charge in [0.2, 0.25) is 0 Å². The number of hydrogen-bond donors (Lipinski definition) is 0. The molecule has 0 aliphatic heterocycles. The fourth-order valence-electron chi connectivity index (χ4n) is 1.40. The van der Waals surface area contributed by atoms with Crippen LogP contribution in [-0.2, 0) is 0 Å². The molecule has 0 amide bonds. The maximum atomic E-state index is 9.77. The zero-order valence-electron chi connectivity index (χ0n) is 6.34. The van der Waals surface area contributed by atoms with Gasteiger partial charge < -0.3 is 0 Å². The van der Waals surface area contributed by atoms with Crippen molar-refractivity contribution >= 4 is 0 Å². The smallest absolute Gasteiger partial charge is 0.0817 e. The summed E-state index contributed by atoms with van der Waals surface area (Å²) in [7, 11) is 0. The fourth-order valence-corrected chi connectivity index (χ4v) is 1.40. The third-order valence-corrected chi connectivity index (χ3v) is 2.17. The van der Waals surface area contributed by atoms with Crippen LogP contribution in [-0.4, -0.2) is 6.54 Å². The Morgan fingerprint density at radius 2 is 2.60 bits per heavy atom. The van der Waals surface area contributed by atoms with Crippen LogP contribution in [0.2, 0.25) is 0 Å². The van der Waals surface area contributed by atoms with E-state index in [2.05, 4.69) is 18.2 Å². The van der Waals surface area contributed by atoms with Gasteiger partial charge in [-0.05, 0) is 25.2 Å². The summed E-state index contributed by atoms with van der Waals surface area (Å²) in [6, 6.07) is 0. The second kappa shape index (κ2) is 3.49. The lowest BCUT2D eigenvalue weighted by atomic mass is 9.81. The van der Waals surface area contributed by atoms with Gasteiger partial charge in [-0.2, -0.15) is 4.91 Å². The van der Waals surface area contributed by atoms with Gasteiger partial charge in [-0.1, -0.05) is 23.7 Å². The highest BCUT2D eigenvalue weighted by Crippen LogP contribution is 2.31. The van der Waals surface area contributed by atoms with Crippen LogP contribution in [0.5, 0.6) is 0 Å². The predicted octanol–water partition coefficient (Wildman–Crippen LogP) is 2.50. The first-order valence-electron chi connectivity index (χ1n) is 3.86. The number of nitrogens with zero attached hydrogens (tertiary/aromatic N) is 1. The Morgan fingerprint density at radius 1 is 1.80 bits per heavy atom. The minimum absolute atomic E-state index is 0.488. The van der Waals surface area contributed by atoms with E-state index in [1.807, 2.05) is 0 Å². The third kappa shape index (κ3) is 1.43. The van der Waals surface area contributed by atoms with Gasteiger partial charge in [-0.25, -0.2) is 0 Å². The van der Waals surface area contributed by atoms with E-state index < -0.39 is 0 Å². The molecule has 0 saturated heterocycles. The van der Waals surface area contributed by atoms with Crippen molar-refractivity contribution in [3.63, 3.8) is 0 Å². The highest BCUT2D eigenvalue weighted by molar-refractivity contribution is 5.17. The summed E-state index contributed by atoms with van der Waals surface area (Å²) in [4.78, 5) is 9.77. The molecule has 1 aliphatic carbocycles. The van der Waals surface area contributed by atoms with Crippen molar-refractivity contribution in [1.82, 2.24) is 0 Å². The van der Waals surface area contributed by atoms with Gasteiger partial charge in [0, 0.05) is 0 Å². The van der Waals surface area contributed by atoms with Gasteiger partial charge in [-0.15, -0.1) is 0 Å². The molecule has 0 aromatic heterocycles. The van der Waals surface area contributed by atoms with Crippen LogP contribution in [0.25, 0.3) is 0 Å². The molecule has 0 fully saturated rings. The molecule has 0 spiro atoms. The fraction of sp³-hybridized carbons (Fsp3) is 0.750. The average Bonchev–Trinajstić information content (AvgIpc) is 1.88. The Balaban J connectivity index is 2.20. The minimum Gasteiger partial charge on any atom is -0.151 e. The molecule has 2 heteroatoms. The molecule has 0 saturated carbocycles. The Hall–Kier alpha value is -0.660. The van der Waals surface area contributed by atoms with E-state index in [0.29, 0.717) is 12.5 Å². The number of hydrogen-bond acceptors (Lipinski definition) is 2. The third-order valence-electron chi connectivity index (χ3n) is 2.17. The molecule has 56 valence electrons. The lowest BCUT2D eigenvalue weighted by Crippen LogP contribution is -2.12. The first kappa shape index (κ1) is 7.45. The molecular weight excluding hydrogens is 126 g/mol. The summed E-state index contributed by atoms with van der Waals surface area (Å²) >= 11 is 0. The molecule has 1 rings (SSSR count). The maximum Gasteiger partial charge on any atom is 0.0817 e. The number of allylic oxidation sites excluding steroid dienone is 2. The van der Waals surface area contributed by atoms with Gasteiger partial charge in [0.25, 0.3) is 0 Å². The van der Waals surface area contributed by atoms with Crippen LogP contribution in [0.3, 0.4) is 0 Å². The highest BCUT2D eigenvalue weighted by Gasteiger charge is 2.18. The van der Waals surface area contributed by atoms with Crippen molar-refractivity contribution in [3.8, 4) is 0 Å². The van der Waals surface area contributed by atoms with E-state index in [1.54, 1.807) is 0 Å². The predicted molar refractivity (Wildman–Crippen MR) is 41.8 cm³/mol. The highest BCUT2D eigenvalue weighted by atomic mass is 16.3. The molecule has 0 heterocycles. The molecule has 1 atom stereocenters. The van der Waals surface area contributed by atoms with Crippen LogP contribution in [0, 0.1) is 10.8 Å². The van der Waals surface area contributed by atoms with Crippen molar-refractivity contribution in [2.75, 3.05) is 6.54 Å². The summed E-state index contributed by atoms with van der Waals surface area (Å²) in [5.74, 6) is 0.683. The van der Waals surface area contributed by atoms with E-state index in [9.17, 15) is 4.91 Å². The topological polar surface area (TPSA) is 29.4 Å². The molecule has 0 N–H and O–H groups in total. The summed E-state index contributed by atoms with van der Waals surface area (Å²) in [6.45, 7) is 2.65. The SMILES string of the molecule is CCC1=CCC1CCN=O. The summed E-state index contributed by atoms with van der Waals surface area (Å²) in [5, 5.41) is 2.85. The quantitative estimate of drug-likeness (QED) is 0.434. The van der Waals surface area contributed by atoms with Gasteiger partial charge in [0.1, 0.15) is 0 Å². The second-order valence-electron chi connectivity index (χ2n) is 2.71. The van der Waals surface area contributed by atoms with Crippen molar-refractivity contribution in [2.45, 2.75) is 26.2 Å². The lowest BCUT2D eigenvalue weighted by Gasteiger charge is -2.25. The molecule has 10 heavy (non-hydrogen) atoms. The summed E-state index contributed by atoms with van der Waals surface area (Å²) in [6.07, 6.45) is 5.53. The Labute approximate surface area is 61.3 Å². The van der Waals surface area contributed by atoms with E-state index in [1.165, 1.54) is 12.0 Å². The minimum atomic E-state index is 0.488. The van der Waals surface area contributed by atoms with Crippen LogP contribution < -0.4 is 0 Å². The molecule has 0 aromatic rings. The first-order chi connectivity index (χ1) is 4.88. The van der Waals surface area contributed by atoms with Crippen molar-refractivity contribution in [1.29, 1.82) is 0 Å². The number of nitroso groups, excluding NO2 is 1. The molecule has 0 aromatic carbocycles. The monoisotopic (exact) mass is 139 g/mol. The first-order valence-corrected chi connectivity index (χ1v) is 3.86. The Kier molecular flexibility index (Phi) is 2.60. The van der Waals surface area contributed by atoms with Crippen LogP contribution in [0.4, 0.5) is 0 Å². The van der Waals surface area contributed by atoms with Gasteiger partial charge >= 0.3 is 0 Å². The summed E-state index contributed by atoms with van der Waals surface area (Å²) in [5.41, 5.74) is 1.52. The van der Waals surface area contributed by atoms with Gasteiger partial charge in [0.05, 0.1) is 6.54 Å². The van der Waals surface area contributed by atoms with E-state index in [4.69, 9.17) is 0 Å². The Morgan fingerprint density at radius 3 is 3.00 bits per heavy atom. The van der Waals surface area contributed by atoms with Crippen LogP contribution in [0.15, 0.2) is 16.8 Å². The van der Waals surface area contributed by atoms with Gasteiger partial charge in [0.15, 0.2) is 0 Å². The molecule has 0 radical (unpaired) electrons. The normalized spacial score (nSPS) is 23.3. The Bertz CT molecular complexity index is 151. The van der Waals surface area contributed by atoms with Crippen molar-refractivity contribution in [2.24, 2.45) is 11.1 Å². The molecule has 2 nitrogen and oxygen atoms in total. The molecule has 1 aliphatic rings. The van der Waals surface area contributed by atoms with Crippen molar-refractivity contribution < 1.29 is 0 Å². The molecular formula is C8H13NO. The standard InChI is InChI=1S/C8H13NO/c1-2-7-3-4-8(7)5-6-9-10/h3,8H,2,4-6H2,1H3. The van der Waals surface area contributed by atoms with Gasteiger partial charge in [-0.3, -0.25) is 0 Å². The number of rotatable bonds is 4. The van der Waals surface area contributed by atoms with E-state index in [0.717, 1.165) is 12.8 Å². The average molecular weight is 139 g/mol. The second-order valence-corrected chi connectivity index (χ2v) is 2.71.